The Balaban J connectivity index is 1.60. The molecule has 0 radical (unpaired) electrons. The average Bonchev–Trinajstić information content (AvgIpc) is 3.09. The minimum absolute atomic E-state index is 0.0682. The van der Waals surface area contributed by atoms with Crippen molar-refractivity contribution in [3.05, 3.63) is 65.5 Å². The van der Waals surface area contributed by atoms with Crippen LogP contribution in [0, 0.1) is 11.7 Å². The molecule has 1 aliphatic rings. The van der Waals surface area contributed by atoms with Crippen LogP contribution in [0.3, 0.4) is 0 Å². The van der Waals surface area contributed by atoms with Crippen molar-refractivity contribution in [2.24, 2.45) is 5.92 Å². The molecule has 0 saturated carbocycles. The van der Waals surface area contributed by atoms with Gasteiger partial charge in [-0.15, -0.1) is 11.8 Å². The number of nitrogens with zero attached hydrogens (tertiary/aromatic N) is 1. The molecule has 2 aromatic rings. The van der Waals surface area contributed by atoms with E-state index in [-0.39, 0.29) is 17.0 Å². The zero-order valence-corrected chi connectivity index (χ0v) is 14.3. The second kappa shape index (κ2) is 7.70. The van der Waals surface area contributed by atoms with Crippen LogP contribution < -0.4 is 0 Å². The highest BCUT2D eigenvalue weighted by molar-refractivity contribution is 7.99. The number of thioether (sulfide) groups is 1. The van der Waals surface area contributed by atoms with Gasteiger partial charge in [0, 0.05) is 23.7 Å². The van der Waals surface area contributed by atoms with E-state index in [0.29, 0.717) is 19.0 Å². The lowest BCUT2D eigenvalue weighted by Gasteiger charge is -2.17. The maximum absolute atomic E-state index is 14.1. The van der Waals surface area contributed by atoms with E-state index >= 15 is 0 Å². The Kier molecular flexibility index (Phi) is 5.38. The molecule has 0 aromatic heterocycles. The van der Waals surface area contributed by atoms with Gasteiger partial charge in [-0.25, -0.2) is 9.18 Å². The monoisotopic (exact) mass is 359 g/mol. The summed E-state index contributed by atoms with van der Waals surface area (Å²) in [5.74, 6) is -1.09. The summed E-state index contributed by atoms with van der Waals surface area (Å²) < 4.78 is 14.1. The molecule has 130 valence electrons. The highest BCUT2D eigenvalue weighted by atomic mass is 32.2. The molecular weight excluding hydrogens is 341 g/mol. The van der Waals surface area contributed by atoms with E-state index in [2.05, 4.69) is 12.1 Å². The number of aromatic carboxylic acids is 1. The Morgan fingerprint density at radius 3 is 2.64 bits per heavy atom. The quantitative estimate of drug-likeness (QED) is 0.826. The first-order chi connectivity index (χ1) is 12.0. The van der Waals surface area contributed by atoms with Gasteiger partial charge < -0.3 is 10.0 Å². The summed E-state index contributed by atoms with van der Waals surface area (Å²) in [7, 11) is 0. The van der Waals surface area contributed by atoms with E-state index in [1.165, 1.54) is 17.0 Å². The number of carbonyl (C=O) groups is 2. The van der Waals surface area contributed by atoms with Crippen LogP contribution in [0.15, 0.2) is 53.4 Å². The minimum Gasteiger partial charge on any atom is -0.478 e. The van der Waals surface area contributed by atoms with Gasteiger partial charge in [0.15, 0.2) is 0 Å². The van der Waals surface area contributed by atoms with E-state index in [1.54, 1.807) is 16.7 Å². The molecule has 1 unspecified atom stereocenters. The van der Waals surface area contributed by atoms with Crippen molar-refractivity contribution < 1.29 is 19.1 Å². The molecule has 3 rings (SSSR count). The predicted molar refractivity (Wildman–Crippen MR) is 94.5 cm³/mol. The third-order valence-corrected chi connectivity index (χ3v) is 5.49. The fourth-order valence-corrected chi connectivity index (χ4v) is 3.93. The van der Waals surface area contributed by atoms with Crippen molar-refractivity contribution in [1.82, 2.24) is 4.90 Å². The minimum atomic E-state index is -1.21. The molecule has 6 heteroatoms. The highest BCUT2D eigenvalue weighted by Crippen LogP contribution is 2.27. The van der Waals surface area contributed by atoms with Crippen molar-refractivity contribution in [3.63, 3.8) is 0 Å². The summed E-state index contributed by atoms with van der Waals surface area (Å²) in [6.45, 7) is 1.19. The molecule has 4 nitrogen and oxygen atoms in total. The van der Waals surface area contributed by atoms with Crippen molar-refractivity contribution in [2.45, 2.75) is 11.3 Å². The summed E-state index contributed by atoms with van der Waals surface area (Å²) in [6.07, 6.45) is 0.889. The summed E-state index contributed by atoms with van der Waals surface area (Å²) in [5.41, 5.74) is -0.228. The van der Waals surface area contributed by atoms with Crippen molar-refractivity contribution in [1.29, 1.82) is 0 Å². The number of carboxylic acids is 1. The second-order valence-electron chi connectivity index (χ2n) is 6.03. The number of halogens is 1. The molecule has 2 aromatic carbocycles. The van der Waals surface area contributed by atoms with Crippen LogP contribution in [0.25, 0.3) is 0 Å². The molecule has 1 amide bonds. The van der Waals surface area contributed by atoms with Gasteiger partial charge in [-0.2, -0.15) is 0 Å². The van der Waals surface area contributed by atoms with Gasteiger partial charge in [0.05, 0.1) is 11.1 Å². The first-order valence-corrected chi connectivity index (χ1v) is 9.03. The average molecular weight is 359 g/mol. The number of hydrogen-bond donors (Lipinski definition) is 1. The third kappa shape index (κ3) is 4.20. The molecule has 1 heterocycles. The van der Waals surface area contributed by atoms with Gasteiger partial charge >= 0.3 is 5.97 Å². The summed E-state index contributed by atoms with van der Waals surface area (Å²) in [6, 6.07) is 13.5. The van der Waals surface area contributed by atoms with Crippen LogP contribution in [-0.2, 0) is 0 Å². The summed E-state index contributed by atoms with van der Waals surface area (Å²) in [5, 5.41) is 8.87. The number of carboxylic acid groups (broad SMARTS) is 1. The molecule has 1 saturated heterocycles. The van der Waals surface area contributed by atoms with Crippen LogP contribution in [0.2, 0.25) is 0 Å². The smallest absolute Gasteiger partial charge is 0.335 e. The van der Waals surface area contributed by atoms with Crippen LogP contribution in [-0.4, -0.2) is 40.7 Å². The van der Waals surface area contributed by atoms with E-state index in [4.69, 9.17) is 5.11 Å². The first kappa shape index (κ1) is 17.5. The number of amides is 1. The number of hydrogen-bond acceptors (Lipinski definition) is 3. The summed E-state index contributed by atoms with van der Waals surface area (Å²) >= 11 is 1.76. The predicted octanol–water partition coefficient (Wildman–Crippen LogP) is 3.78. The third-order valence-electron chi connectivity index (χ3n) is 4.25. The van der Waals surface area contributed by atoms with Gasteiger partial charge in [-0.05, 0) is 42.7 Å². The van der Waals surface area contributed by atoms with Crippen LogP contribution in [0.4, 0.5) is 4.39 Å². The van der Waals surface area contributed by atoms with E-state index in [9.17, 15) is 14.0 Å². The molecule has 0 aliphatic carbocycles. The van der Waals surface area contributed by atoms with Crippen molar-refractivity contribution in [2.75, 3.05) is 18.8 Å². The first-order valence-electron chi connectivity index (χ1n) is 8.04. The largest absolute Gasteiger partial charge is 0.478 e. The maximum atomic E-state index is 14.1. The van der Waals surface area contributed by atoms with Gasteiger partial charge in [0.25, 0.3) is 5.91 Å². The Bertz CT molecular complexity index is 781. The number of rotatable bonds is 5. The Morgan fingerprint density at radius 2 is 1.96 bits per heavy atom. The van der Waals surface area contributed by atoms with Crippen molar-refractivity contribution >= 4 is 23.6 Å². The van der Waals surface area contributed by atoms with Crippen molar-refractivity contribution in [3.8, 4) is 0 Å². The molecule has 1 atom stereocenters. The number of carbonyl (C=O) groups excluding carboxylic acids is 1. The Labute approximate surface area is 149 Å². The molecule has 1 fully saturated rings. The van der Waals surface area contributed by atoms with E-state index in [0.717, 1.165) is 18.2 Å². The van der Waals surface area contributed by atoms with Gasteiger partial charge in [0.1, 0.15) is 5.82 Å². The molecule has 25 heavy (non-hydrogen) atoms. The highest BCUT2D eigenvalue weighted by Gasteiger charge is 2.28. The molecular formula is C19H18FNO3S. The SMILES string of the molecule is O=C(O)c1ccc(C(=O)N2CCC(CSc3ccccc3)C2)c(F)c1. The Morgan fingerprint density at radius 1 is 1.20 bits per heavy atom. The van der Waals surface area contributed by atoms with Gasteiger partial charge in [0.2, 0.25) is 0 Å². The molecule has 1 N–H and O–H groups in total. The molecule has 1 aliphatic heterocycles. The standard InChI is InChI=1S/C19H18FNO3S/c20-17-10-14(19(23)24)6-7-16(17)18(22)21-9-8-13(11-21)12-25-15-4-2-1-3-5-15/h1-7,10,13H,8-9,11-12H2,(H,23,24). The fraction of sp³-hybridized carbons (Fsp3) is 0.263. The van der Waals surface area contributed by atoms with Crippen LogP contribution in [0.5, 0.6) is 0 Å². The summed E-state index contributed by atoms with van der Waals surface area (Å²) in [4.78, 5) is 26.2. The van der Waals surface area contributed by atoms with E-state index < -0.39 is 11.8 Å². The lowest BCUT2D eigenvalue weighted by atomic mass is 10.1. The molecule has 0 bridgehead atoms. The topological polar surface area (TPSA) is 57.6 Å². The zero-order chi connectivity index (χ0) is 17.8. The fourth-order valence-electron chi connectivity index (χ4n) is 2.88. The Hall–Kier alpha value is -2.34. The second-order valence-corrected chi connectivity index (χ2v) is 7.12. The lowest BCUT2D eigenvalue weighted by molar-refractivity contribution is 0.0694. The van der Waals surface area contributed by atoms with E-state index in [1.807, 2.05) is 18.2 Å². The van der Waals surface area contributed by atoms with Crippen LogP contribution >= 0.6 is 11.8 Å². The maximum Gasteiger partial charge on any atom is 0.335 e. The lowest BCUT2D eigenvalue weighted by Crippen LogP contribution is -2.29. The van der Waals surface area contributed by atoms with Gasteiger partial charge in [-0.3, -0.25) is 4.79 Å². The van der Waals surface area contributed by atoms with Crippen LogP contribution in [0.1, 0.15) is 27.1 Å². The number of benzene rings is 2. The zero-order valence-electron chi connectivity index (χ0n) is 13.5. The van der Waals surface area contributed by atoms with Gasteiger partial charge in [-0.1, -0.05) is 18.2 Å². The molecule has 0 spiro atoms. The normalized spacial score (nSPS) is 16.8. The number of likely N-dealkylation sites (tertiary alicyclic amines) is 1.